The number of nitrogens with one attached hydrogen (secondary N) is 1. The van der Waals surface area contributed by atoms with Gasteiger partial charge in [-0.1, -0.05) is 24.3 Å². The largest absolute Gasteiger partial charge is 0.480 e. The second kappa shape index (κ2) is 8.33. The van der Waals surface area contributed by atoms with Crippen molar-refractivity contribution < 1.29 is 29.0 Å². The van der Waals surface area contributed by atoms with E-state index in [0.717, 1.165) is 5.56 Å². The summed E-state index contributed by atoms with van der Waals surface area (Å²) in [5.41, 5.74) is 0.771. The average molecular weight is 337 g/mol. The summed E-state index contributed by atoms with van der Waals surface area (Å²) in [6, 6.07) is 5.76. The highest BCUT2D eigenvalue weighted by molar-refractivity contribution is 5.80. The lowest BCUT2D eigenvalue weighted by Gasteiger charge is -2.22. The van der Waals surface area contributed by atoms with Crippen molar-refractivity contribution in [3.63, 3.8) is 0 Å². The lowest BCUT2D eigenvalue weighted by atomic mass is 10.0. The molecule has 2 N–H and O–H groups in total. The molecule has 0 aliphatic carbocycles. The quantitative estimate of drug-likeness (QED) is 0.769. The minimum Gasteiger partial charge on any atom is -0.480 e. The zero-order chi connectivity index (χ0) is 18.3. The van der Waals surface area contributed by atoms with E-state index in [2.05, 4.69) is 10.1 Å². The second-order valence-corrected chi connectivity index (χ2v) is 6.31. The van der Waals surface area contributed by atoms with Crippen molar-refractivity contribution in [2.45, 2.75) is 45.3 Å². The summed E-state index contributed by atoms with van der Waals surface area (Å²) < 4.78 is 9.65. The molecule has 0 radical (unpaired) electrons. The normalized spacial score (nSPS) is 12.2. The number of ether oxygens (including phenoxy) is 2. The molecule has 7 nitrogen and oxygen atoms in total. The van der Waals surface area contributed by atoms with Gasteiger partial charge in [-0.25, -0.2) is 9.59 Å². The summed E-state index contributed by atoms with van der Waals surface area (Å²) in [6.07, 6.45) is -0.528. The Kier molecular flexibility index (Phi) is 6.76. The van der Waals surface area contributed by atoms with Gasteiger partial charge in [-0.15, -0.1) is 0 Å². The fraction of sp³-hybridized carbons (Fsp3) is 0.471. The van der Waals surface area contributed by atoms with Gasteiger partial charge in [-0.2, -0.15) is 0 Å². The Bertz CT molecular complexity index is 588. The zero-order valence-electron chi connectivity index (χ0n) is 14.3. The van der Waals surface area contributed by atoms with Gasteiger partial charge in [0, 0.05) is 6.42 Å². The Balaban J connectivity index is 2.70. The molecule has 0 fully saturated rings. The van der Waals surface area contributed by atoms with E-state index >= 15 is 0 Å². The van der Waals surface area contributed by atoms with Gasteiger partial charge >= 0.3 is 18.0 Å². The highest BCUT2D eigenvalue weighted by Crippen LogP contribution is 2.10. The third-order valence-electron chi connectivity index (χ3n) is 3.03. The van der Waals surface area contributed by atoms with E-state index in [9.17, 15) is 19.5 Å². The van der Waals surface area contributed by atoms with Crippen LogP contribution in [0.2, 0.25) is 0 Å². The zero-order valence-corrected chi connectivity index (χ0v) is 14.3. The van der Waals surface area contributed by atoms with Gasteiger partial charge in [-0.05, 0) is 31.9 Å². The minimum absolute atomic E-state index is 0.104. The molecule has 1 rings (SSSR count). The van der Waals surface area contributed by atoms with Crippen LogP contribution in [0.25, 0.3) is 0 Å². The number of methoxy groups -OCH3 is 1. The Morgan fingerprint density at radius 1 is 1.12 bits per heavy atom. The van der Waals surface area contributed by atoms with E-state index in [1.807, 2.05) is 0 Å². The molecule has 0 heterocycles. The first-order valence-electron chi connectivity index (χ1n) is 7.47. The van der Waals surface area contributed by atoms with E-state index < -0.39 is 23.7 Å². The number of esters is 1. The first kappa shape index (κ1) is 19.5. The van der Waals surface area contributed by atoms with Crippen LogP contribution in [0.3, 0.4) is 0 Å². The molecule has 0 aliphatic rings. The highest BCUT2D eigenvalue weighted by atomic mass is 16.6. The Morgan fingerprint density at radius 3 is 2.12 bits per heavy atom. The molecule has 0 saturated heterocycles. The number of carboxylic acids is 1. The summed E-state index contributed by atoms with van der Waals surface area (Å²) in [7, 11) is 1.32. The molecule has 0 aromatic heterocycles. The number of aliphatic carboxylic acids is 1. The van der Waals surface area contributed by atoms with Crippen molar-refractivity contribution in [1.82, 2.24) is 5.32 Å². The molecule has 0 aliphatic heterocycles. The molecule has 132 valence electrons. The standard InChI is InChI=1S/C17H23NO6/c1-17(2,3)24-16(22)18-13(15(20)21)9-11-5-7-12(8-6-11)10-14(19)23-4/h5-8,13H,9-10H2,1-4H3,(H,18,22)(H,20,21)/t13-/m0/s1. The maximum Gasteiger partial charge on any atom is 0.408 e. The fourth-order valence-corrected chi connectivity index (χ4v) is 1.92. The van der Waals surface area contributed by atoms with Gasteiger partial charge in [0.25, 0.3) is 0 Å². The SMILES string of the molecule is COC(=O)Cc1ccc(C[C@H](NC(=O)OC(C)(C)C)C(=O)O)cc1. The number of alkyl carbamates (subject to hydrolysis) is 1. The maximum absolute atomic E-state index is 11.7. The number of hydrogen-bond donors (Lipinski definition) is 2. The number of carboxylic acid groups (broad SMARTS) is 1. The topological polar surface area (TPSA) is 102 Å². The fourth-order valence-electron chi connectivity index (χ4n) is 1.92. The molecule has 1 atom stereocenters. The second-order valence-electron chi connectivity index (χ2n) is 6.31. The molecule has 1 aromatic rings. The van der Waals surface area contributed by atoms with Crippen molar-refractivity contribution in [3.05, 3.63) is 35.4 Å². The van der Waals surface area contributed by atoms with Gasteiger partial charge in [0.1, 0.15) is 11.6 Å². The number of rotatable bonds is 6. The van der Waals surface area contributed by atoms with Gasteiger partial charge in [0.2, 0.25) is 0 Å². The van der Waals surface area contributed by atoms with E-state index in [0.29, 0.717) is 5.56 Å². The molecule has 24 heavy (non-hydrogen) atoms. The maximum atomic E-state index is 11.7. The van der Waals surface area contributed by atoms with Crippen LogP contribution in [0.4, 0.5) is 4.79 Å². The smallest absolute Gasteiger partial charge is 0.408 e. The summed E-state index contributed by atoms with van der Waals surface area (Å²) >= 11 is 0. The summed E-state index contributed by atoms with van der Waals surface area (Å²) in [5.74, 6) is -1.50. The van der Waals surface area contributed by atoms with E-state index in [4.69, 9.17) is 4.74 Å². The first-order chi connectivity index (χ1) is 11.1. The molecule has 1 aromatic carbocycles. The molecule has 0 spiro atoms. The van der Waals surface area contributed by atoms with E-state index in [1.54, 1.807) is 45.0 Å². The van der Waals surface area contributed by atoms with E-state index in [1.165, 1.54) is 7.11 Å². The van der Waals surface area contributed by atoms with Crippen molar-refractivity contribution in [2.75, 3.05) is 7.11 Å². The predicted octanol–water partition coefficient (Wildman–Crippen LogP) is 1.92. The lowest BCUT2D eigenvalue weighted by molar-refractivity contribution is -0.140. The van der Waals surface area contributed by atoms with Crippen LogP contribution in [0.1, 0.15) is 31.9 Å². The molecule has 1 amide bonds. The summed E-state index contributed by atoms with van der Waals surface area (Å²) in [6.45, 7) is 5.09. The van der Waals surface area contributed by atoms with Crippen molar-refractivity contribution in [1.29, 1.82) is 0 Å². The number of carbonyl (C=O) groups excluding carboxylic acids is 2. The van der Waals surface area contributed by atoms with E-state index in [-0.39, 0.29) is 18.8 Å². The monoisotopic (exact) mass is 337 g/mol. The lowest BCUT2D eigenvalue weighted by Crippen LogP contribution is -2.44. The first-order valence-corrected chi connectivity index (χ1v) is 7.47. The summed E-state index contributed by atoms with van der Waals surface area (Å²) in [5, 5.41) is 11.6. The van der Waals surface area contributed by atoms with Gasteiger partial charge in [0.15, 0.2) is 0 Å². The summed E-state index contributed by atoms with van der Waals surface area (Å²) in [4.78, 5) is 34.3. The highest BCUT2D eigenvalue weighted by Gasteiger charge is 2.24. The van der Waals surface area contributed by atoms with Crippen LogP contribution in [0, 0.1) is 0 Å². The van der Waals surface area contributed by atoms with Crippen molar-refractivity contribution >= 4 is 18.0 Å². The molecule has 0 bridgehead atoms. The van der Waals surface area contributed by atoms with Crippen LogP contribution >= 0.6 is 0 Å². The number of hydrogen-bond acceptors (Lipinski definition) is 5. The molecule has 7 heteroatoms. The van der Waals surface area contributed by atoms with Gasteiger partial charge in [-0.3, -0.25) is 4.79 Å². The van der Waals surface area contributed by atoms with Crippen LogP contribution in [0.15, 0.2) is 24.3 Å². The molecular weight excluding hydrogens is 314 g/mol. The third kappa shape index (κ3) is 7.13. The minimum atomic E-state index is -1.15. The molecular formula is C17H23NO6. The van der Waals surface area contributed by atoms with Crippen LogP contribution < -0.4 is 5.32 Å². The Labute approximate surface area is 141 Å². The van der Waals surface area contributed by atoms with Crippen molar-refractivity contribution in [3.8, 4) is 0 Å². The van der Waals surface area contributed by atoms with Crippen LogP contribution in [-0.2, 0) is 31.9 Å². The van der Waals surface area contributed by atoms with Gasteiger partial charge in [0.05, 0.1) is 13.5 Å². The van der Waals surface area contributed by atoms with Crippen molar-refractivity contribution in [2.24, 2.45) is 0 Å². The third-order valence-corrected chi connectivity index (χ3v) is 3.03. The van der Waals surface area contributed by atoms with Crippen LogP contribution in [-0.4, -0.2) is 41.9 Å². The Morgan fingerprint density at radius 2 is 1.67 bits per heavy atom. The van der Waals surface area contributed by atoms with Crippen LogP contribution in [0.5, 0.6) is 0 Å². The number of amides is 1. The van der Waals surface area contributed by atoms with Gasteiger partial charge < -0.3 is 19.9 Å². The molecule has 0 saturated carbocycles. The Hall–Kier alpha value is -2.57. The molecule has 0 unspecified atom stereocenters. The number of carbonyl (C=O) groups is 3. The average Bonchev–Trinajstić information content (AvgIpc) is 2.46. The number of benzene rings is 1. The predicted molar refractivity (Wildman–Crippen MR) is 86.7 cm³/mol.